The summed E-state index contributed by atoms with van der Waals surface area (Å²) in [7, 11) is 0. The van der Waals surface area contributed by atoms with Crippen molar-refractivity contribution in [2.45, 2.75) is 6.92 Å². The quantitative estimate of drug-likeness (QED) is 0.578. The van der Waals surface area contributed by atoms with Crippen molar-refractivity contribution < 1.29 is 9.53 Å². The average molecular weight is 128 g/mol. The van der Waals surface area contributed by atoms with Gasteiger partial charge in [-0.3, -0.25) is 0 Å². The lowest BCUT2D eigenvalue weighted by atomic mass is 10.2. The topological polar surface area (TPSA) is 76.1 Å². The van der Waals surface area contributed by atoms with E-state index < -0.39 is 6.09 Å². The lowest BCUT2D eigenvalue weighted by Gasteiger charge is -1.99. The van der Waals surface area contributed by atoms with Gasteiger partial charge < -0.3 is 10.5 Å². The number of nitrogens with two attached hydrogens (primary N) is 1. The minimum Gasteiger partial charge on any atom is -0.448 e. The highest BCUT2D eigenvalue weighted by molar-refractivity contribution is 5.64. The third-order valence-electron chi connectivity index (χ3n) is 0.696. The van der Waals surface area contributed by atoms with Gasteiger partial charge >= 0.3 is 6.09 Å². The van der Waals surface area contributed by atoms with Gasteiger partial charge in [0, 0.05) is 0 Å². The molecule has 0 saturated carbocycles. The van der Waals surface area contributed by atoms with Gasteiger partial charge in [-0.2, -0.15) is 5.26 Å². The molecular weight excluding hydrogens is 120 g/mol. The zero-order valence-corrected chi connectivity index (χ0v) is 5.13. The Morgan fingerprint density at radius 2 is 2.56 bits per heavy atom. The Balaban J connectivity index is 3.30. The molecule has 0 aromatic rings. The summed E-state index contributed by atoms with van der Waals surface area (Å²) >= 11 is 0. The van der Waals surface area contributed by atoms with Crippen molar-refractivity contribution in [1.29, 1.82) is 5.26 Å². The second-order valence-corrected chi connectivity index (χ2v) is 1.66. The fourth-order valence-corrected chi connectivity index (χ4v) is 0.244. The van der Waals surface area contributed by atoms with Gasteiger partial charge in [0.05, 0.1) is 12.0 Å². The lowest BCUT2D eigenvalue weighted by Crippen LogP contribution is -2.16. The molecule has 50 valence electrons. The largest absolute Gasteiger partial charge is 0.448 e. The fraction of sp³-hybridized carbons (Fsp3) is 0.600. The standard InChI is InChI=1S/C5H8N2O2/c1-4(2-6)3-9-5(7)8/h4H,3H2,1H3,(H2,7,8). The summed E-state index contributed by atoms with van der Waals surface area (Å²) in [6.45, 7) is 1.72. The van der Waals surface area contributed by atoms with Crippen molar-refractivity contribution >= 4 is 6.09 Å². The Bertz CT molecular complexity index is 138. The summed E-state index contributed by atoms with van der Waals surface area (Å²) in [6, 6.07) is 1.89. The van der Waals surface area contributed by atoms with Crippen molar-refractivity contribution in [3.63, 3.8) is 0 Å². The predicted octanol–water partition coefficient (Wildman–Crippen LogP) is 0.241. The van der Waals surface area contributed by atoms with Gasteiger partial charge in [-0.15, -0.1) is 0 Å². The summed E-state index contributed by atoms with van der Waals surface area (Å²) in [5.41, 5.74) is 4.62. The molecule has 1 amide bonds. The van der Waals surface area contributed by atoms with Crippen LogP contribution in [-0.4, -0.2) is 12.7 Å². The minimum absolute atomic E-state index is 0.0752. The monoisotopic (exact) mass is 128 g/mol. The summed E-state index contributed by atoms with van der Waals surface area (Å²) in [4.78, 5) is 9.91. The molecule has 0 aliphatic rings. The van der Waals surface area contributed by atoms with E-state index in [0.717, 1.165) is 0 Å². The molecule has 9 heavy (non-hydrogen) atoms. The molecule has 4 heteroatoms. The van der Waals surface area contributed by atoms with Crippen LogP contribution in [0.2, 0.25) is 0 Å². The van der Waals surface area contributed by atoms with Gasteiger partial charge in [0.25, 0.3) is 0 Å². The Labute approximate surface area is 53.2 Å². The third kappa shape index (κ3) is 4.62. The first-order valence-corrected chi connectivity index (χ1v) is 2.48. The summed E-state index contributed by atoms with van der Waals surface area (Å²) in [6.07, 6.45) is -0.836. The molecule has 0 aromatic carbocycles. The Kier molecular flexibility index (Phi) is 3.21. The maximum Gasteiger partial charge on any atom is 0.404 e. The first-order chi connectivity index (χ1) is 4.16. The Hall–Kier alpha value is -1.24. The number of nitrogens with zero attached hydrogens (tertiary/aromatic N) is 1. The Morgan fingerprint density at radius 3 is 2.89 bits per heavy atom. The van der Waals surface area contributed by atoms with Crippen molar-refractivity contribution in [3.05, 3.63) is 0 Å². The van der Waals surface area contributed by atoms with E-state index in [-0.39, 0.29) is 12.5 Å². The predicted molar refractivity (Wildman–Crippen MR) is 30.3 cm³/mol. The van der Waals surface area contributed by atoms with E-state index in [1.807, 2.05) is 6.07 Å². The zero-order valence-electron chi connectivity index (χ0n) is 5.13. The normalized spacial score (nSPS) is 11.6. The molecule has 0 rings (SSSR count). The van der Waals surface area contributed by atoms with E-state index in [2.05, 4.69) is 10.5 Å². The first kappa shape index (κ1) is 7.76. The van der Waals surface area contributed by atoms with Gasteiger partial charge in [-0.1, -0.05) is 0 Å². The van der Waals surface area contributed by atoms with E-state index in [9.17, 15) is 4.79 Å². The van der Waals surface area contributed by atoms with Crippen LogP contribution in [0.3, 0.4) is 0 Å². The number of carbonyl (C=O) groups excluding carboxylic acids is 1. The van der Waals surface area contributed by atoms with Crippen molar-refractivity contribution in [1.82, 2.24) is 0 Å². The molecule has 0 bridgehead atoms. The maximum atomic E-state index is 9.91. The van der Waals surface area contributed by atoms with Gasteiger partial charge in [0.2, 0.25) is 0 Å². The van der Waals surface area contributed by atoms with Crippen molar-refractivity contribution in [2.75, 3.05) is 6.61 Å². The SMILES string of the molecule is CC(C#N)COC(N)=O. The van der Waals surface area contributed by atoms with Crippen LogP contribution in [0.1, 0.15) is 6.92 Å². The molecule has 1 unspecified atom stereocenters. The molecule has 0 aliphatic heterocycles. The molecule has 0 aliphatic carbocycles. The number of rotatable bonds is 2. The highest BCUT2D eigenvalue weighted by Gasteiger charge is 2.00. The smallest absolute Gasteiger partial charge is 0.404 e. The number of ether oxygens (including phenoxy) is 1. The van der Waals surface area contributed by atoms with Crippen LogP contribution in [0.15, 0.2) is 0 Å². The number of primary amides is 1. The number of amides is 1. The van der Waals surface area contributed by atoms with Crippen LogP contribution in [0.5, 0.6) is 0 Å². The minimum atomic E-state index is -0.836. The summed E-state index contributed by atoms with van der Waals surface area (Å²) in [5, 5.41) is 8.17. The van der Waals surface area contributed by atoms with Crippen LogP contribution < -0.4 is 5.73 Å². The molecule has 0 saturated heterocycles. The third-order valence-corrected chi connectivity index (χ3v) is 0.696. The molecule has 0 spiro atoms. The van der Waals surface area contributed by atoms with Crippen LogP contribution in [0.4, 0.5) is 4.79 Å². The van der Waals surface area contributed by atoms with Crippen LogP contribution in [0, 0.1) is 17.2 Å². The van der Waals surface area contributed by atoms with Crippen LogP contribution in [-0.2, 0) is 4.74 Å². The van der Waals surface area contributed by atoms with Crippen LogP contribution in [0.25, 0.3) is 0 Å². The molecule has 4 nitrogen and oxygen atoms in total. The second kappa shape index (κ2) is 3.72. The Morgan fingerprint density at radius 1 is 2.00 bits per heavy atom. The number of carbonyl (C=O) groups is 1. The highest BCUT2D eigenvalue weighted by atomic mass is 16.5. The molecule has 0 aromatic heterocycles. The molecule has 1 atom stereocenters. The van der Waals surface area contributed by atoms with E-state index in [4.69, 9.17) is 5.26 Å². The fourth-order valence-electron chi connectivity index (χ4n) is 0.244. The lowest BCUT2D eigenvalue weighted by molar-refractivity contribution is 0.148. The first-order valence-electron chi connectivity index (χ1n) is 2.48. The molecule has 2 N–H and O–H groups in total. The number of hydrogen-bond donors (Lipinski definition) is 1. The highest BCUT2D eigenvalue weighted by Crippen LogP contribution is 1.90. The van der Waals surface area contributed by atoms with Gasteiger partial charge in [0.15, 0.2) is 0 Å². The van der Waals surface area contributed by atoms with E-state index in [1.165, 1.54) is 0 Å². The van der Waals surface area contributed by atoms with Gasteiger partial charge in [-0.25, -0.2) is 4.79 Å². The van der Waals surface area contributed by atoms with E-state index in [0.29, 0.717) is 0 Å². The van der Waals surface area contributed by atoms with E-state index >= 15 is 0 Å². The van der Waals surface area contributed by atoms with Gasteiger partial charge in [0.1, 0.15) is 6.61 Å². The van der Waals surface area contributed by atoms with Crippen molar-refractivity contribution in [2.24, 2.45) is 11.7 Å². The average Bonchev–Trinajstić information content (AvgIpc) is 1.83. The van der Waals surface area contributed by atoms with Crippen molar-refractivity contribution in [3.8, 4) is 6.07 Å². The molecule has 0 fully saturated rings. The number of nitriles is 1. The second-order valence-electron chi connectivity index (χ2n) is 1.66. The molecule has 0 radical (unpaired) electrons. The van der Waals surface area contributed by atoms with Gasteiger partial charge in [-0.05, 0) is 6.92 Å². The van der Waals surface area contributed by atoms with E-state index in [1.54, 1.807) is 6.92 Å². The summed E-state index contributed by atoms with van der Waals surface area (Å²) < 4.78 is 4.31. The van der Waals surface area contributed by atoms with Crippen LogP contribution >= 0.6 is 0 Å². The molecule has 0 heterocycles. The zero-order chi connectivity index (χ0) is 7.28. The molecular formula is C5H8N2O2. The summed E-state index contributed by atoms with van der Waals surface area (Å²) in [5.74, 6) is -0.280. The maximum absolute atomic E-state index is 9.91. The number of hydrogen-bond acceptors (Lipinski definition) is 3.